The minimum atomic E-state index is 0.624. The Morgan fingerprint density at radius 1 is 1.33 bits per heavy atom. The van der Waals surface area contributed by atoms with E-state index in [-0.39, 0.29) is 0 Å². The molecule has 0 aliphatic rings. The summed E-state index contributed by atoms with van der Waals surface area (Å²) in [5, 5.41) is 14.6. The van der Waals surface area contributed by atoms with Gasteiger partial charge in [0.1, 0.15) is 5.82 Å². The molecule has 1 rings (SSSR count). The molecule has 0 aliphatic carbocycles. The zero-order valence-corrected chi connectivity index (χ0v) is 12.0. The minimum absolute atomic E-state index is 0.624. The Balaban J connectivity index is 2.38. The Morgan fingerprint density at radius 3 is 2.56 bits per heavy atom. The molecule has 0 amide bonds. The summed E-state index contributed by atoms with van der Waals surface area (Å²) < 4.78 is 1.97. The number of hydrogen-bond donors (Lipinski definition) is 2. The molecule has 102 valence electrons. The lowest BCUT2D eigenvalue weighted by molar-refractivity contribution is 0.572. The van der Waals surface area contributed by atoms with Gasteiger partial charge >= 0.3 is 0 Å². The van der Waals surface area contributed by atoms with Gasteiger partial charge in [0, 0.05) is 20.6 Å². The molecule has 1 aromatic heterocycles. The van der Waals surface area contributed by atoms with Gasteiger partial charge in [0.05, 0.1) is 6.54 Å². The molecule has 0 saturated carbocycles. The lowest BCUT2D eigenvalue weighted by atomic mass is 10.1. The van der Waals surface area contributed by atoms with Gasteiger partial charge in [0.15, 0.2) is 11.8 Å². The summed E-state index contributed by atoms with van der Waals surface area (Å²) in [6.07, 6.45) is 1.13. The summed E-state index contributed by atoms with van der Waals surface area (Å²) in [5.74, 6) is 3.31. The number of guanidine groups is 1. The summed E-state index contributed by atoms with van der Waals surface area (Å²) >= 11 is 0. The van der Waals surface area contributed by atoms with Gasteiger partial charge in [0.25, 0.3) is 0 Å². The highest BCUT2D eigenvalue weighted by atomic mass is 15.3. The fourth-order valence-electron chi connectivity index (χ4n) is 1.47. The highest BCUT2D eigenvalue weighted by Gasteiger charge is 2.05. The minimum Gasteiger partial charge on any atom is -0.356 e. The topological polar surface area (TPSA) is 67.1 Å². The van der Waals surface area contributed by atoms with Crippen LogP contribution in [0, 0.1) is 12.8 Å². The summed E-state index contributed by atoms with van der Waals surface area (Å²) in [6, 6.07) is 0. The van der Waals surface area contributed by atoms with Crippen LogP contribution >= 0.6 is 0 Å². The van der Waals surface area contributed by atoms with E-state index in [2.05, 4.69) is 39.7 Å². The van der Waals surface area contributed by atoms with Crippen LogP contribution in [0.2, 0.25) is 0 Å². The van der Waals surface area contributed by atoms with Gasteiger partial charge < -0.3 is 15.2 Å². The van der Waals surface area contributed by atoms with Crippen molar-refractivity contribution in [2.45, 2.75) is 33.7 Å². The summed E-state index contributed by atoms with van der Waals surface area (Å²) in [7, 11) is 3.73. The fraction of sp³-hybridized carbons (Fsp3) is 0.750. The number of aromatic nitrogens is 3. The van der Waals surface area contributed by atoms with Crippen LogP contribution in [0.1, 0.15) is 31.9 Å². The third kappa shape index (κ3) is 4.35. The number of rotatable bonds is 5. The Morgan fingerprint density at radius 2 is 2.06 bits per heavy atom. The van der Waals surface area contributed by atoms with Crippen LogP contribution in [-0.2, 0) is 13.6 Å². The van der Waals surface area contributed by atoms with E-state index in [1.165, 1.54) is 0 Å². The lowest BCUT2D eigenvalue weighted by Gasteiger charge is -2.12. The first-order chi connectivity index (χ1) is 8.54. The highest BCUT2D eigenvalue weighted by molar-refractivity contribution is 5.79. The SMILES string of the molecule is CN=C(NCCC(C)C)NCc1nnc(C)n1C. The zero-order valence-electron chi connectivity index (χ0n) is 12.0. The Bertz CT molecular complexity index is 393. The van der Waals surface area contributed by atoms with Gasteiger partial charge in [-0.05, 0) is 19.3 Å². The van der Waals surface area contributed by atoms with Crippen molar-refractivity contribution in [3.05, 3.63) is 11.6 Å². The second-order valence-electron chi connectivity index (χ2n) is 4.76. The number of hydrogen-bond acceptors (Lipinski definition) is 3. The molecule has 6 heteroatoms. The molecule has 1 aromatic rings. The molecule has 0 atom stereocenters. The van der Waals surface area contributed by atoms with Crippen LogP contribution in [0.5, 0.6) is 0 Å². The van der Waals surface area contributed by atoms with E-state index >= 15 is 0 Å². The largest absolute Gasteiger partial charge is 0.356 e. The number of aryl methyl sites for hydroxylation is 1. The first-order valence-electron chi connectivity index (χ1n) is 6.34. The summed E-state index contributed by atoms with van der Waals surface area (Å²) in [5.41, 5.74) is 0. The first kappa shape index (κ1) is 14.5. The third-order valence-electron chi connectivity index (χ3n) is 2.83. The maximum Gasteiger partial charge on any atom is 0.191 e. The molecule has 0 unspecified atom stereocenters. The summed E-state index contributed by atoms with van der Waals surface area (Å²) in [4.78, 5) is 4.17. The average Bonchev–Trinajstić information content (AvgIpc) is 2.64. The number of nitrogens with zero attached hydrogens (tertiary/aromatic N) is 4. The van der Waals surface area contributed by atoms with Crippen molar-refractivity contribution in [1.29, 1.82) is 0 Å². The zero-order chi connectivity index (χ0) is 13.5. The van der Waals surface area contributed by atoms with Gasteiger partial charge in [0.2, 0.25) is 0 Å². The first-order valence-corrected chi connectivity index (χ1v) is 6.34. The maximum atomic E-state index is 4.17. The normalized spacial score (nSPS) is 12.0. The van der Waals surface area contributed by atoms with Crippen molar-refractivity contribution in [1.82, 2.24) is 25.4 Å². The fourth-order valence-corrected chi connectivity index (χ4v) is 1.47. The van der Waals surface area contributed by atoms with Crippen LogP contribution < -0.4 is 10.6 Å². The van der Waals surface area contributed by atoms with E-state index in [4.69, 9.17) is 0 Å². The van der Waals surface area contributed by atoms with Gasteiger partial charge in [-0.2, -0.15) is 0 Å². The molecule has 18 heavy (non-hydrogen) atoms. The van der Waals surface area contributed by atoms with Gasteiger partial charge in [-0.25, -0.2) is 0 Å². The molecule has 6 nitrogen and oxygen atoms in total. The molecule has 0 saturated heterocycles. The second kappa shape index (κ2) is 6.98. The molecule has 0 bridgehead atoms. The molecule has 1 heterocycles. The molecule has 0 radical (unpaired) electrons. The Hall–Kier alpha value is -1.59. The summed E-state index contributed by atoms with van der Waals surface area (Å²) in [6.45, 7) is 7.90. The Kier molecular flexibility index (Phi) is 5.61. The maximum absolute atomic E-state index is 4.17. The van der Waals surface area contributed by atoms with Crippen molar-refractivity contribution in [2.24, 2.45) is 18.0 Å². The monoisotopic (exact) mass is 252 g/mol. The predicted molar refractivity (Wildman–Crippen MR) is 73.4 cm³/mol. The van der Waals surface area contributed by atoms with Crippen LogP contribution in [-0.4, -0.2) is 34.3 Å². The van der Waals surface area contributed by atoms with Crippen LogP contribution in [0.4, 0.5) is 0 Å². The lowest BCUT2D eigenvalue weighted by Crippen LogP contribution is -2.38. The van der Waals surface area contributed by atoms with Crippen molar-refractivity contribution < 1.29 is 0 Å². The molecule has 0 spiro atoms. The molecular weight excluding hydrogens is 228 g/mol. The molecule has 0 fully saturated rings. The molecule has 0 aromatic carbocycles. The Labute approximate surface area is 109 Å². The predicted octanol–water partition coefficient (Wildman–Crippen LogP) is 0.835. The van der Waals surface area contributed by atoms with Crippen molar-refractivity contribution in [3.8, 4) is 0 Å². The second-order valence-corrected chi connectivity index (χ2v) is 4.76. The molecule has 2 N–H and O–H groups in total. The quantitative estimate of drug-likeness (QED) is 0.602. The highest BCUT2D eigenvalue weighted by Crippen LogP contribution is 1.97. The van der Waals surface area contributed by atoms with E-state index in [0.717, 1.165) is 30.6 Å². The van der Waals surface area contributed by atoms with Crippen molar-refractivity contribution in [3.63, 3.8) is 0 Å². The number of nitrogens with one attached hydrogen (secondary N) is 2. The van der Waals surface area contributed by atoms with Crippen LogP contribution in [0.25, 0.3) is 0 Å². The van der Waals surface area contributed by atoms with E-state index in [1.54, 1.807) is 7.05 Å². The van der Waals surface area contributed by atoms with Crippen molar-refractivity contribution >= 4 is 5.96 Å². The van der Waals surface area contributed by atoms with Crippen molar-refractivity contribution in [2.75, 3.05) is 13.6 Å². The standard InChI is InChI=1S/C12H24N6/c1-9(2)6-7-14-12(13-4)15-8-11-17-16-10(3)18(11)5/h9H,6-8H2,1-5H3,(H2,13,14,15). The van der Waals surface area contributed by atoms with Gasteiger partial charge in [-0.15, -0.1) is 10.2 Å². The van der Waals surface area contributed by atoms with Gasteiger partial charge in [-0.3, -0.25) is 4.99 Å². The third-order valence-corrected chi connectivity index (χ3v) is 2.83. The van der Waals surface area contributed by atoms with E-state index in [1.807, 2.05) is 18.5 Å². The molecular formula is C12H24N6. The van der Waals surface area contributed by atoms with E-state index < -0.39 is 0 Å². The number of aliphatic imine (C=N–C) groups is 1. The smallest absolute Gasteiger partial charge is 0.191 e. The molecule has 0 aliphatic heterocycles. The van der Waals surface area contributed by atoms with Crippen LogP contribution in [0.3, 0.4) is 0 Å². The van der Waals surface area contributed by atoms with Gasteiger partial charge in [-0.1, -0.05) is 13.8 Å². The van der Waals surface area contributed by atoms with E-state index in [0.29, 0.717) is 12.5 Å². The van der Waals surface area contributed by atoms with Crippen LogP contribution in [0.15, 0.2) is 4.99 Å². The van der Waals surface area contributed by atoms with E-state index in [9.17, 15) is 0 Å². The average molecular weight is 252 g/mol.